The molecular formula is C15H22FN2OS+. The molecule has 20 heavy (non-hydrogen) atoms. The summed E-state index contributed by atoms with van der Waals surface area (Å²) in [6.07, 6.45) is 0. The summed E-state index contributed by atoms with van der Waals surface area (Å²) in [6.45, 7) is 7.85. The van der Waals surface area contributed by atoms with E-state index in [-0.39, 0.29) is 22.3 Å². The summed E-state index contributed by atoms with van der Waals surface area (Å²) in [4.78, 5) is 14.2. The minimum absolute atomic E-state index is 0.0127. The van der Waals surface area contributed by atoms with Gasteiger partial charge in [0, 0.05) is 0 Å². The smallest absolute Gasteiger partial charge is 0.236 e. The lowest BCUT2D eigenvalue weighted by Gasteiger charge is -2.23. The molecule has 0 spiro atoms. The van der Waals surface area contributed by atoms with E-state index in [1.54, 1.807) is 23.9 Å². The Morgan fingerprint density at radius 2 is 2.00 bits per heavy atom. The van der Waals surface area contributed by atoms with E-state index in [2.05, 4.69) is 19.2 Å². The molecule has 1 aromatic rings. The molecule has 110 valence electrons. The van der Waals surface area contributed by atoms with Gasteiger partial charge in [0.2, 0.25) is 5.91 Å². The number of quaternary nitrogens is 1. The zero-order chi connectivity index (χ0) is 14.7. The summed E-state index contributed by atoms with van der Waals surface area (Å²) in [6, 6.07) is 7.00. The second-order valence-corrected chi connectivity index (χ2v) is 6.91. The van der Waals surface area contributed by atoms with E-state index in [9.17, 15) is 9.18 Å². The van der Waals surface area contributed by atoms with E-state index < -0.39 is 0 Å². The average molecular weight is 297 g/mol. The van der Waals surface area contributed by atoms with Gasteiger partial charge in [-0.05, 0) is 38.5 Å². The van der Waals surface area contributed by atoms with Crippen molar-refractivity contribution in [3.05, 3.63) is 35.6 Å². The van der Waals surface area contributed by atoms with Crippen molar-refractivity contribution in [1.29, 1.82) is 0 Å². The van der Waals surface area contributed by atoms with Crippen molar-refractivity contribution in [3.63, 3.8) is 0 Å². The summed E-state index contributed by atoms with van der Waals surface area (Å²) < 4.78 is 13.0. The quantitative estimate of drug-likeness (QED) is 0.899. The van der Waals surface area contributed by atoms with Gasteiger partial charge in [0.05, 0.1) is 24.4 Å². The van der Waals surface area contributed by atoms with Crippen LogP contribution in [0.25, 0.3) is 0 Å². The number of thioether (sulfide) groups is 1. The van der Waals surface area contributed by atoms with Crippen LogP contribution in [0.2, 0.25) is 0 Å². The predicted molar refractivity (Wildman–Crippen MR) is 79.8 cm³/mol. The van der Waals surface area contributed by atoms with Gasteiger partial charge in [-0.1, -0.05) is 12.1 Å². The Hall–Kier alpha value is -1.07. The molecule has 0 radical (unpaired) electrons. The van der Waals surface area contributed by atoms with Gasteiger partial charge in [0.25, 0.3) is 0 Å². The molecule has 2 rings (SSSR count). The number of hydrogen-bond acceptors (Lipinski definition) is 2. The van der Waals surface area contributed by atoms with Gasteiger partial charge in [0.1, 0.15) is 11.2 Å². The second kappa shape index (κ2) is 6.59. The van der Waals surface area contributed by atoms with E-state index in [0.717, 1.165) is 18.7 Å². The van der Waals surface area contributed by atoms with Crippen molar-refractivity contribution < 1.29 is 14.5 Å². The molecule has 0 unspecified atom stereocenters. The third-order valence-electron chi connectivity index (χ3n) is 3.41. The minimum atomic E-state index is -0.240. The summed E-state index contributed by atoms with van der Waals surface area (Å²) in [7, 11) is 0. The van der Waals surface area contributed by atoms with Crippen molar-refractivity contribution in [2.24, 2.45) is 0 Å². The Kier molecular flexibility index (Phi) is 5.05. The van der Waals surface area contributed by atoms with Gasteiger partial charge in [0.15, 0.2) is 0 Å². The Bertz CT molecular complexity index is 463. The van der Waals surface area contributed by atoms with Gasteiger partial charge in [-0.3, -0.25) is 4.79 Å². The molecule has 1 aliphatic heterocycles. The molecule has 0 aromatic heterocycles. The summed E-state index contributed by atoms with van der Waals surface area (Å²) in [5.74, 6) is -0.0581. The molecule has 0 saturated carbocycles. The van der Waals surface area contributed by atoms with Crippen LogP contribution in [0.4, 0.5) is 4.39 Å². The van der Waals surface area contributed by atoms with Gasteiger partial charge < -0.3 is 10.2 Å². The van der Waals surface area contributed by atoms with E-state index in [4.69, 9.17) is 0 Å². The Morgan fingerprint density at radius 1 is 1.35 bits per heavy atom. The van der Waals surface area contributed by atoms with E-state index in [0.29, 0.717) is 6.04 Å². The topological polar surface area (TPSA) is 36.9 Å². The van der Waals surface area contributed by atoms with E-state index in [1.165, 1.54) is 12.1 Å². The highest BCUT2D eigenvalue weighted by Crippen LogP contribution is 2.42. The summed E-state index contributed by atoms with van der Waals surface area (Å²) in [5, 5.41) is 2.21. The predicted octanol–water partition coefficient (Wildman–Crippen LogP) is 1.76. The van der Waals surface area contributed by atoms with Gasteiger partial charge in [-0.25, -0.2) is 4.39 Å². The lowest BCUT2D eigenvalue weighted by atomic mass is 10.2. The van der Waals surface area contributed by atoms with Gasteiger partial charge in [-0.15, -0.1) is 11.8 Å². The monoisotopic (exact) mass is 297 g/mol. The molecule has 1 amide bonds. The van der Waals surface area contributed by atoms with Crippen LogP contribution >= 0.6 is 11.8 Å². The van der Waals surface area contributed by atoms with Crippen LogP contribution in [0.15, 0.2) is 24.3 Å². The van der Waals surface area contributed by atoms with Crippen molar-refractivity contribution in [2.75, 3.05) is 13.1 Å². The fraction of sp³-hybridized carbons (Fsp3) is 0.533. The lowest BCUT2D eigenvalue weighted by molar-refractivity contribution is -0.682. The van der Waals surface area contributed by atoms with Crippen LogP contribution < -0.4 is 5.32 Å². The number of nitrogens with two attached hydrogens (primary N) is 1. The third kappa shape index (κ3) is 3.52. The van der Waals surface area contributed by atoms with Crippen molar-refractivity contribution >= 4 is 17.7 Å². The van der Waals surface area contributed by atoms with Gasteiger partial charge >= 0.3 is 0 Å². The molecular weight excluding hydrogens is 275 g/mol. The second-order valence-electron chi connectivity index (χ2n) is 5.48. The molecule has 1 heterocycles. The first-order valence-corrected chi connectivity index (χ1v) is 7.98. The van der Waals surface area contributed by atoms with Crippen LogP contribution in [0.1, 0.15) is 31.7 Å². The van der Waals surface area contributed by atoms with Crippen LogP contribution in [0.3, 0.4) is 0 Å². The van der Waals surface area contributed by atoms with Gasteiger partial charge in [-0.2, -0.15) is 0 Å². The van der Waals surface area contributed by atoms with Crippen LogP contribution in [0.5, 0.6) is 0 Å². The number of halogens is 1. The van der Waals surface area contributed by atoms with Crippen molar-refractivity contribution in [3.8, 4) is 0 Å². The fourth-order valence-electron chi connectivity index (χ4n) is 2.33. The van der Waals surface area contributed by atoms with Crippen LogP contribution in [-0.2, 0) is 4.79 Å². The molecule has 1 saturated heterocycles. The fourth-order valence-corrected chi connectivity index (χ4v) is 3.64. The SMILES string of the molecule is CC(C)[NH2+]CCN1C(=O)[C@@H](C)S[C@H]1c1ccc(F)cc1. The molecule has 2 N–H and O–H groups in total. The third-order valence-corrected chi connectivity index (χ3v) is 4.80. The summed E-state index contributed by atoms with van der Waals surface area (Å²) >= 11 is 1.64. The first kappa shape index (κ1) is 15.3. The number of nitrogens with zero attached hydrogens (tertiary/aromatic N) is 1. The number of amides is 1. The molecule has 1 aromatic carbocycles. The minimum Gasteiger partial charge on any atom is -0.343 e. The number of rotatable bonds is 5. The highest BCUT2D eigenvalue weighted by Gasteiger charge is 2.38. The maximum absolute atomic E-state index is 13.0. The molecule has 1 fully saturated rings. The Balaban J connectivity index is 2.09. The maximum atomic E-state index is 13.0. The molecule has 0 bridgehead atoms. The first-order valence-electron chi connectivity index (χ1n) is 7.03. The van der Waals surface area contributed by atoms with E-state index >= 15 is 0 Å². The largest absolute Gasteiger partial charge is 0.343 e. The number of hydrogen-bond donors (Lipinski definition) is 1. The van der Waals surface area contributed by atoms with Crippen molar-refractivity contribution in [1.82, 2.24) is 4.90 Å². The zero-order valence-corrected chi connectivity index (χ0v) is 13.0. The Morgan fingerprint density at radius 3 is 2.60 bits per heavy atom. The number of carbonyl (C=O) groups is 1. The summed E-state index contributed by atoms with van der Waals surface area (Å²) in [5.41, 5.74) is 0.999. The lowest BCUT2D eigenvalue weighted by Crippen LogP contribution is -2.89. The van der Waals surface area contributed by atoms with E-state index in [1.807, 2.05) is 11.8 Å². The first-order chi connectivity index (χ1) is 9.49. The zero-order valence-electron chi connectivity index (χ0n) is 12.2. The molecule has 2 atom stereocenters. The standard InChI is InChI=1S/C15H21FN2OS/c1-10(2)17-8-9-18-14(19)11(3)20-15(18)12-4-6-13(16)7-5-12/h4-7,10-11,15,17H,8-9H2,1-3H3/p+1/t11-,15+/m1/s1. The highest BCUT2D eigenvalue weighted by atomic mass is 32.2. The van der Waals surface area contributed by atoms with Crippen LogP contribution in [-0.4, -0.2) is 35.2 Å². The maximum Gasteiger partial charge on any atom is 0.236 e. The number of carbonyl (C=O) groups excluding carboxylic acids is 1. The Labute approximate surface area is 123 Å². The average Bonchev–Trinajstić information content (AvgIpc) is 2.67. The number of benzene rings is 1. The van der Waals surface area contributed by atoms with Crippen LogP contribution in [0, 0.1) is 5.82 Å². The van der Waals surface area contributed by atoms with Crippen molar-refractivity contribution in [2.45, 2.75) is 37.4 Å². The highest BCUT2D eigenvalue weighted by molar-refractivity contribution is 8.01. The molecule has 0 aliphatic carbocycles. The normalized spacial score (nSPS) is 22.9. The molecule has 1 aliphatic rings. The molecule has 5 heteroatoms. The molecule has 3 nitrogen and oxygen atoms in total.